The minimum absolute atomic E-state index is 0.0894. The van der Waals surface area contributed by atoms with E-state index in [0.29, 0.717) is 29.3 Å². The van der Waals surface area contributed by atoms with Crippen molar-refractivity contribution in [1.29, 1.82) is 0 Å². The van der Waals surface area contributed by atoms with E-state index in [2.05, 4.69) is 5.32 Å². The SMILES string of the molecule is CCOc1ccccc1N1C[C@H](C(=O)Nc2ccc(C(=O)OCC(=O)c3ccccc3)cc2)CC1=O. The molecule has 0 spiro atoms. The van der Waals surface area contributed by atoms with Gasteiger partial charge in [0.1, 0.15) is 5.75 Å². The van der Waals surface area contributed by atoms with E-state index in [1.54, 1.807) is 59.5 Å². The summed E-state index contributed by atoms with van der Waals surface area (Å²) in [5.41, 5.74) is 1.85. The van der Waals surface area contributed by atoms with Gasteiger partial charge in [-0.15, -0.1) is 0 Å². The van der Waals surface area contributed by atoms with Gasteiger partial charge in [-0.25, -0.2) is 4.79 Å². The highest BCUT2D eigenvalue weighted by molar-refractivity contribution is 6.04. The smallest absolute Gasteiger partial charge is 0.338 e. The van der Waals surface area contributed by atoms with Gasteiger partial charge in [-0.3, -0.25) is 14.4 Å². The van der Waals surface area contributed by atoms with Gasteiger partial charge in [0.05, 0.1) is 23.8 Å². The summed E-state index contributed by atoms with van der Waals surface area (Å²) in [5.74, 6) is -1.30. The minimum Gasteiger partial charge on any atom is -0.492 e. The van der Waals surface area contributed by atoms with Gasteiger partial charge in [-0.2, -0.15) is 0 Å². The third-order valence-electron chi connectivity index (χ3n) is 5.77. The Kier molecular flexibility index (Phi) is 7.75. The number of rotatable bonds is 9. The molecule has 0 saturated carbocycles. The van der Waals surface area contributed by atoms with Crippen LogP contribution >= 0.6 is 0 Å². The lowest BCUT2D eigenvalue weighted by Gasteiger charge is -2.20. The Morgan fingerprint density at radius 1 is 0.917 bits per heavy atom. The molecule has 0 radical (unpaired) electrons. The lowest BCUT2D eigenvalue weighted by molar-refractivity contribution is -0.122. The summed E-state index contributed by atoms with van der Waals surface area (Å²) in [4.78, 5) is 51.4. The summed E-state index contributed by atoms with van der Waals surface area (Å²) in [7, 11) is 0. The van der Waals surface area contributed by atoms with Gasteiger partial charge in [0, 0.05) is 24.2 Å². The average Bonchev–Trinajstić information content (AvgIpc) is 3.30. The third-order valence-corrected chi connectivity index (χ3v) is 5.77. The molecule has 0 aromatic heterocycles. The topological polar surface area (TPSA) is 102 Å². The summed E-state index contributed by atoms with van der Waals surface area (Å²) in [6.45, 7) is 2.22. The molecule has 8 heteroatoms. The molecule has 36 heavy (non-hydrogen) atoms. The average molecular weight is 487 g/mol. The van der Waals surface area contributed by atoms with E-state index in [9.17, 15) is 19.2 Å². The van der Waals surface area contributed by atoms with Crippen LogP contribution < -0.4 is 15.0 Å². The number of carbonyl (C=O) groups is 4. The maximum atomic E-state index is 12.8. The van der Waals surface area contributed by atoms with Gasteiger partial charge < -0.3 is 19.7 Å². The second-order valence-corrected chi connectivity index (χ2v) is 8.24. The van der Waals surface area contributed by atoms with E-state index in [1.807, 2.05) is 19.1 Å². The maximum absolute atomic E-state index is 12.8. The van der Waals surface area contributed by atoms with Crippen molar-refractivity contribution in [2.75, 3.05) is 30.0 Å². The van der Waals surface area contributed by atoms with Crippen molar-refractivity contribution in [3.05, 3.63) is 90.0 Å². The van der Waals surface area contributed by atoms with Crippen LogP contribution in [0.3, 0.4) is 0 Å². The zero-order valence-corrected chi connectivity index (χ0v) is 19.8. The third kappa shape index (κ3) is 5.78. The van der Waals surface area contributed by atoms with Crippen LogP contribution in [0, 0.1) is 5.92 Å². The van der Waals surface area contributed by atoms with Crippen molar-refractivity contribution in [3.63, 3.8) is 0 Å². The molecule has 3 aromatic rings. The molecule has 1 aliphatic rings. The zero-order valence-electron chi connectivity index (χ0n) is 19.8. The fraction of sp³-hybridized carbons (Fsp3) is 0.214. The van der Waals surface area contributed by atoms with Gasteiger partial charge in [0.25, 0.3) is 0 Å². The largest absolute Gasteiger partial charge is 0.492 e. The number of hydrogen-bond donors (Lipinski definition) is 1. The van der Waals surface area contributed by atoms with Crippen LogP contribution in [0.25, 0.3) is 0 Å². The van der Waals surface area contributed by atoms with Crippen LogP contribution in [-0.2, 0) is 14.3 Å². The maximum Gasteiger partial charge on any atom is 0.338 e. The van der Waals surface area contributed by atoms with Crippen molar-refractivity contribution in [2.45, 2.75) is 13.3 Å². The molecule has 1 heterocycles. The highest BCUT2D eigenvalue weighted by atomic mass is 16.5. The monoisotopic (exact) mass is 486 g/mol. The first-order valence-electron chi connectivity index (χ1n) is 11.6. The van der Waals surface area contributed by atoms with Crippen molar-refractivity contribution in [3.8, 4) is 5.75 Å². The van der Waals surface area contributed by atoms with Gasteiger partial charge in [0.2, 0.25) is 11.8 Å². The van der Waals surface area contributed by atoms with Gasteiger partial charge in [0.15, 0.2) is 12.4 Å². The number of hydrogen-bond acceptors (Lipinski definition) is 6. The second kappa shape index (κ2) is 11.3. The quantitative estimate of drug-likeness (QED) is 0.361. The summed E-state index contributed by atoms with van der Waals surface area (Å²) in [6, 6.07) is 22.0. The Hall–Kier alpha value is -4.46. The molecule has 8 nitrogen and oxygen atoms in total. The molecule has 2 amide bonds. The Bertz CT molecular complexity index is 1260. The molecule has 1 fully saturated rings. The number of Topliss-reactive ketones (excluding diaryl/α,β-unsaturated/α-hetero) is 1. The number of ketones is 1. The number of ether oxygens (including phenoxy) is 2. The highest BCUT2D eigenvalue weighted by Crippen LogP contribution is 2.33. The number of anilines is 2. The molecule has 0 unspecified atom stereocenters. The molecule has 1 saturated heterocycles. The van der Waals surface area contributed by atoms with Gasteiger partial charge >= 0.3 is 5.97 Å². The second-order valence-electron chi connectivity index (χ2n) is 8.24. The summed E-state index contributed by atoms with van der Waals surface area (Å²) < 4.78 is 10.7. The molecule has 1 N–H and O–H groups in total. The first-order valence-corrected chi connectivity index (χ1v) is 11.6. The standard InChI is InChI=1S/C28H26N2O6/c1-2-35-25-11-7-6-10-23(25)30-17-21(16-26(30)32)27(33)29-22-14-12-20(13-15-22)28(34)36-18-24(31)19-8-4-3-5-9-19/h3-15,21H,2,16-18H2,1H3,(H,29,33)/t21-/m1/s1. The van der Waals surface area contributed by atoms with Crippen LogP contribution in [0.2, 0.25) is 0 Å². The van der Waals surface area contributed by atoms with Crippen LogP contribution in [-0.4, -0.2) is 43.3 Å². The number of benzene rings is 3. The number of para-hydroxylation sites is 2. The van der Waals surface area contributed by atoms with E-state index in [0.717, 1.165) is 0 Å². The summed E-state index contributed by atoms with van der Waals surface area (Å²) in [6.07, 6.45) is 0.0894. The van der Waals surface area contributed by atoms with E-state index < -0.39 is 11.9 Å². The lowest BCUT2D eigenvalue weighted by atomic mass is 10.1. The zero-order chi connectivity index (χ0) is 25.5. The van der Waals surface area contributed by atoms with E-state index in [4.69, 9.17) is 9.47 Å². The molecule has 184 valence electrons. The van der Waals surface area contributed by atoms with Gasteiger partial charge in [-0.05, 0) is 43.3 Å². The Morgan fingerprint density at radius 2 is 1.61 bits per heavy atom. The molecule has 4 rings (SSSR count). The van der Waals surface area contributed by atoms with Crippen LogP contribution in [0.1, 0.15) is 34.1 Å². The van der Waals surface area contributed by atoms with Crippen LogP contribution in [0.4, 0.5) is 11.4 Å². The predicted octanol–water partition coefficient (Wildman–Crippen LogP) is 4.12. The molecule has 0 aliphatic carbocycles. The molecular formula is C28H26N2O6. The number of nitrogens with one attached hydrogen (secondary N) is 1. The van der Waals surface area contributed by atoms with E-state index in [-0.39, 0.29) is 42.7 Å². The van der Waals surface area contributed by atoms with Crippen LogP contribution in [0.15, 0.2) is 78.9 Å². The van der Waals surface area contributed by atoms with Crippen molar-refractivity contribution >= 4 is 34.9 Å². The van der Waals surface area contributed by atoms with Crippen molar-refractivity contribution < 1.29 is 28.7 Å². The molecule has 0 bridgehead atoms. The summed E-state index contributed by atoms with van der Waals surface area (Å²) >= 11 is 0. The predicted molar refractivity (Wildman–Crippen MR) is 134 cm³/mol. The Labute approximate surface area is 208 Å². The molecule has 1 atom stereocenters. The molecule has 3 aromatic carbocycles. The number of esters is 1. The highest BCUT2D eigenvalue weighted by Gasteiger charge is 2.36. The van der Waals surface area contributed by atoms with E-state index in [1.165, 1.54) is 12.1 Å². The van der Waals surface area contributed by atoms with Crippen LogP contribution in [0.5, 0.6) is 5.75 Å². The molecule has 1 aliphatic heterocycles. The Balaban J connectivity index is 1.32. The number of amides is 2. The summed E-state index contributed by atoms with van der Waals surface area (Å²) in [5, 5.41) is 2.80. The lowest BCUT2D eigenvalue weighted by Crippen LogP contribution is -2.28. The van der Waals surface area contributed by atoms with Crippen molar-refractivity contribution in [2.24, 2.45) is 5.92 Å². The first-order chi connectivity index (χ1) is 17.5. The van der Waals surface area contributed by atoms with Crippen molar-refractivity contribution in [1.82, 2.24) is 0 Å². The van der Waals surface area contributed by atoms with Gasteiger partial charge in [-0.1, -0.05) is 42.5 Å². The minimum atomic E-state index is -0.637. The number of carbonyl (C=O) groups excluding carboxylic acids is 4. The molecular weight excluding hydrogens is 460 g/mol. The fourth-order valence-electron chi connectivity index (χ4n) is 3.93. The van der Waals surface area contributed by atoms with E-state index >= 15 is 0 Å². The fourth-order valence-corrected chi connectivity index (χ4v) is 3.93. The first kappa shape index (κ1) is 24.7. The normalized spacial score (nSPS) is 14.9. The Morgan fingerprint density at radius 3 is 2.33 bits per heavy atom. The number of nitrogens with zero attached hydrogens (tertiary/aromatic N) is 1.